The van der Waals surface area contributed by atoms with Crippen LogP contribution in [0.15, 0.2) is 18.3 Å². The van der Waals surface area contributed by atoms with Gasteiger partial charge >= 0.3 is 0 Å². The first-order valence-corrected chi connectivity index (χ1v) is 5.11. The van der Waals surface area contributed by atoms with Crippen LogP contribution in [0.4, 0.5) is 11.5 Å². The maximum absolute atomic E-state index is 5.54. The zero-order valence-corrected chi connectivity index (χ0v) is 8.57. The fourth-order valence-corrected chi connectivity index (χ4v) is 1.49. The Labute approximate surface area is 89.0 Å². The molecule has 5 heteroatoms. The van der Waals surface area contributed by atoms with Crippen molar-refractivity contribution in [2.24, 2.45) is 0 Å². The van der Waals surface area contributed by atoms with Crippen molar-refractivity contribution in [3.63, 3.8) is 0 Å². The highest BCUT2D eigenvalue weighted by Crippen LogP contribution is 2.06. The maximum atomic E-state index is 5.54. The molecule has 1 unspecified atom stereocenters. The number of pyridine rings is 1. The quantitative estimate of drug-likeness (QED) is 0.655. The summed E-state index contributed by atoms with van der Waals surface area (Å²) in [7, 11) is 0. The first-order chi connectivity index (χ1) is 7.34. The molecule has 0 bridgehead atoms. The molecule has 2 rings (SSSR count). The molecule has 1 aliphatic rings. The zero-order chi connectivity index (χ0) is 10.5. The van der Waals surface area contributed by atoms with E-state index in [1.807, 2.05) is 12.1 Å². The summed E-state index contributed by atoms with van der Waals surface area (Å²) in [6.07, 6.45) is 1.65. The van der Waals surface area contributed by atoms with Crippen LogP contribution in [0.5, 0.6) is 0 Å². The van der Waals surface area contributed by atoms with Gasteiger partial charge in [-0.3, -0.25) is 0 Å². The summed E-state index contributed by atoms with van der Waals surface area (Å²) < 4.78 is 5.35. The van der Waals surface area contributed by atoms with E-state index in [9.17, 15) is 0 Å². The smallest absolute Gasteiger partial charge is 0.126 e. The number of nitrogens with two attached hydrogens (primary N) is 1. The number of hydrogen-bond donors (Lipinski definition) is 3. The molecular weight excluding hydrogens is 192 g/mol. The van der Waals surface area contributed by atoms with Crippen LogP contribution in [0.25, 0.3) is 0 Å². The summed E-state index contributed by atoms with van der Waals surface area (Å²) in [5.41, 5.74) is 6.22. The Hall–Kier alpha value is -1.33. The second-order valence-electron chi connectivity index (χ2n) is 3.58. The summed E-state index contributed by atoms with van der Waals surface area (Å²) >= 11 is 0. The van der Waals surface area contributed by atoms with Crippen molar-refractivity contribution in [3.8, 4) is 0 Å². The largest absolute Gasteiger partial charge is 0.397 e. The highest BCUT2D eigenvalue weighted by molar-refractivity contribution is 5.43. The molecule has 0 aliphatic carbocycles. The molecule has 1 fully saturated rings. The lowest BCUT2D eigenvalue weighted by atomic mass is 10.3. The number of anilines is 2. The molecule has 0 aromatic carbocycles. The number of nitrogen functional groups attached to an aromatic ring is 1. The number of morpholine rings is 1. The predicted octanol–water partition coefficient (Wildman–Crippen LogP) is 0.0641. The van der Waals surface area contributed by atoms with Crippen molar-refractivity contribution >= 4 is 11.5 Å². The van der Waals surface area contributed by atoms with Crippen LogP contribution >= 0.6 is 0 Å². The van der Waals surface area contributed by atoms with Crippen LogP contribution in [0.3, 0.4) is 0 Å². The molecule has 0 spiro atoms. The highest BCUT2D eigenvalue weighted by atomic mass is 16.5. The topological polar surface area (TPSA) is 72.2 Å². The van der Waals surface area contributed by atoms with Crippen LogP contribution < -0.4 is 16.4 Å². The molecule has 15 heavy (non-hydrogen) atoms. The molecule has 0 radical (unpaired) electrons. The monoisotopic (exact) mass is 208 g/mol. The van der Waals surface area contributed by atoms with Gasteiger partial charge in [0.05, 0.1) is 25.1 Å². The van der Waals surface area contributed by atoms with Crippen molar-refractivity contribution in [1.29, 1.82) is 0 Å². The third-order valence-corrected chi connectivity index (χ3v) is 2.31. The van der Waals surface area contributed by atoms with Gasteiger partial charge in [0.15, 0.2) is 0 Å². The van der Waals surface area contributed by atoms with E-state index < -0.39 is 0 Å². The van der Waals surface area contributed by atoms with Gasteiger partial charge in [0.1, 0.15) is 5.82 Å². The van der Waals surface area contributed by atoms with E-state index in [0.29, 0.717) is 11.7 Å². The first-order valence-electron chi connectivity index (χ1n) is 5.11. The summed E-state index contributed by atoms with van der Waals surface area (Å²) in [6.45, 7) is 3.29. The van der Waals surface area contributed by atoms with Crippen LogP contribution in [0.1, 0.15) is 0 Å². The minimum Gasteiger partial charge on any atom is -0.397 e. The Balaban J connectivity index is 1.79. The number of nitrogens with zero attached hydrogens (tertiary/aromatic N) is 1. The lowest BCUT2D eigenvalue weighted by Gasteiger charge is -2.24. The van der Waals surface area contributed by atoms with Crippen LogP contribution in [0.2, 0.25) is 0 Å². The van der Waals surface area contributed by atoms with Gasteiger partial charge in [0.25, 0.3) is 0 Å². The fourth-order valence-electron chi connectivity index (χ4n) is 1.49. The minimum absolute atomic E-state index is 0.359. The summed E-state index contributed by atoms with van der Waals surface area (Å²) in [4.78, 5) is 4.16. The van der Waals surface area contributed by atoms with E-state index in [1.54, 1.807) is 6.20 Å². The van der Waals surface area contributed by atoms with E-state index >= 15 is 0 Å². The lowest BCUT2D eigenvalue weighted by molar-refractivity contribution is 0.0806. The van der Waals surface area contributed by atoms with E-state index in [0.717, 1.165) is 32.1 Å². The van der Waals surface area contributed by atoms with Crippen molar-refractivity contribution in [3.05, 3.63) is 18.3 Å². The van der Waals surface area contributed by atoms with Gasteiger partial charge in [0, 0.05) is 19.1 Å². The standard InChI is InChI=1S/C10H16N4O/c11-8-1-2-10(13-5-8)14-6-9-7-15-4-3-12-9/h1-2,5,9,12H,3-4,6-7,11H2,(H,13,14). The third kappa shape index (κ3) is 3.07. The number of nitrogens with one attached hydrogen (secondary N) is 2. The molecule has 1 aliphatic heterocycles. The van der Waals surface area contributed by atoms with E-state index in [-0.39, 0.29) is 0 Å². The van der Waals surface area contributed by atoms with Crippen LogP contribution in [0, 0.1) is 0 Å². The number of hydrogen-bond acceptors (Lipinski definition) is 5. The Kier molecular flexibility index (Phi) is 3.37. The molecule has 0 amide bonds. The fraction of sp³-hybridized carbons (Fsp3) is 0.500. The van der Waals surface area contributed by atoms with Crippen molar-refractivity contribution < 1.29 is 4.74 Å². The average molecular weight is 208 g/mol. The Morgan fingerprint density at radius 1 is 1.60 bits per heavy atom. The van der Waals surface area contributed by atoms with Gasteiger partial charge in [-0.1, -0.05) is 0 Å². The Morgan fingerprint density at radius 3 is 3.20 bits per heavy atom. The molecule has 1 saturated heterocycles. The molecule has 1 aromatic rings. The number of ether oxygens (including phenoxy) is 1. The Morgan fingerprint density at radius 2 is 2.53 bits per heavy atom. The molecular formula is C10H16N4O. The van der Waals surface area contributed by atoms with Gasteiger partial charge in [0.2, 0.25) is 0 Å². The molecule has 5 nitrogen and oxygen atoms in total. The molecule has 1 aromatic heterocycles. The Bertz CT molecular complexity index is 295. The average Bonchev–Trinajstić information content (AvgIpc) is 2.30. The van der Waals surface area contributed by atoms with Gasteiger partial charge < -0.3 is 21.1 Å². The number of rotatable bonds is 3. The SMILES string of the molecule is Nc1ccc(NCC2COCCN2)nc1. The summed E-state index contributed by atoms with van der Waals surface area (Å²) in [6, 6.07) is 4.07. The van der Waals surface area contributed by atoms with Crippen molar-refractivity contribution in [2.45, 2.75) is 6.04 Å². The minimum atomic E-state index is 0.359. The second-order valence-corrected chi connectivity index (χ2v) is 3.58. The van der Waals surface area contributed by atoms with Gasteiger partial charge in [-0.15, -0.1) is 0 Å². The van der Waals surface area contributed by atoms with E-state index in [2.05, 4.69) is 15.6 Å². The second kappa shape index (κ2) is 4.95. The summed E-state index contributed by atoms with van der Waals surface area (Å²) in [5, 5.41) is 6.59. The molecule has 0 saturated carbocycles. The molecule has 4 N–H and O–H groups in total. The van der Waals surface area contributed by atoms with Crippen LogP contribution in [-0.2, 0) is 4.74 Å². The normalized spacial score (nSPS) is 21.2. The van der Waals surface area contributed by atoms with E-state index in [1.165, 1.54) is 0 Å². The third-order valence-electron chi connectivity index (χ3n) is 2.31. The van der Waals surface area contributed by atoms with E-state index in [4.69, 9.17) is 10.5 Å². The van der Waals surface area contributed by atoms with Crippen molar-refractivity contribution in [1.82, 2.24) is 10.3 Å². The predicted molar refractivity (Wildman–Crippen MR) is 59.7 cm³/mol. The van der Waals surface area contributed by atoms with Gasteiger partial charge in [-0.2, -0.15) is 0 Å². The molecule has 82 valence electrons. The highest BCUT2D eigenvalue weighted by Gasteiger charge is 2.12. The first kappa shape index (κ1) is 10.2. The van der Waals surface area contributed by atoms with Gasteiger partial charge in [-0.25, -0.2) is 4.98 Å². The number of aromatic nitrogens is 1. The lowest BCUT2D eigenvalue weighted by Crippen LogP contribution is -2.45. The van der Waals surface area contributed by atoms with Crippen LogP contribution in [-0.4, -0.2) is 37.3 Å². The summed E-state index contributed by atoms with van der Waals surface area (Å²) in [5.74, 6) is 0.844. The zero-order valence-electron chi connectivity index (χ0n) is 8.57. The van der Waals surface area contributed by atoms with Gasteiger partial charge in [-0.05, 0) is 12.1 Å². The van der Waals surface area contributed by atoms with Crippen molar-refractivity contribution in [2.75, 3.05) is 37.4 Å². The molecule has 2 heterocycles. The maximum Gasteiger partial charge on any atom is 0.126 e. The molecule has 1 atom stereocenters.